The Morgan fingerprint density at radius 2 is 0.378 bits per heavy atom. The summed E-state index contributed by atoms with van der Waals surface area (Å²) in [6.45, 7) is 1.63. The Morgan fingerprint density at radius 3 is 0.561 bits per heavy atom. The zero-order chi connectivity index (χ0) is 59.1. The van der Waals surface area contributed by atoms with Crippen LogP contribution in [0.2, 0.25) is 0 Å². The molecule has 82 heavy (non-hydrogen) atoms. The second-order valence-electron chi connectivity index (χ2n) is 19.2. The molecule has 0 N–H and O–H groups in total. The van der Waals surface area contributed by atoms with Gasteiger partial charge in [0.05, 0.1) is 0 Å². The van der Waals surface area contributed by atoms with E-state index in [1.54, 1.807) is 0 Å². The summed E-state index contributed by atoms with van der Waals surface area (Å²) in [5.41, 5.74) is -11.8. The fourth-order valence-corrected chi connectivity index (χ4v) is 37.6. The average Bonchev–Trinajstić information content (AvgIpc) is 3.66. The van der Waals surface area contributed by atoms with E-state index < -0.39 is 222 Å². The van der Waals surface area contributed by atoms with E-state index in [4.69, 9.17) is 0 Å². The topological polar surface area (TPSA) is 0 Å². The monoisotopic (exact) mass is 1380 g/mol. The summed E-state index contributed by atoms with van der Waals surface area (Å²) in [6.07, 6.45) is -10.5. The van der Waals surface area contributed by atoms with Gasteiger partial charge >= 0.3 is 467 Å². The molecule has 8 aromatic rings. The number of benzene rings is 8. The Balaban J connectivity index is 1.57. The second kappa shape index (κ2) is 20.4. The average molecular weight is 1380 g/mol. The van der Waals surface area contributed by atoms with Gasteiger partial charge in [-0.3, -0.25) is 0 Å². The van der Waals surface area contributed by atoms with Crippen LogP contribution in [0.15, 0.2) is 139 Å². The van der Waals surface area contributed by atoms with Gasteiger partial charge in [-0.2, -0.15) is 0 Å². The minimum atomic E-state index is -5.61. The van der Waals surface area contributed by atoms with Crippen molar-refractivity contribution in [3.05, 3.63) is 278 Å². The standard InChI is InChI=1S/C58H26B2F20Te2/c1-23-53(25-15-7-3-8-16-25)81-56(28-21-13-6-14-22-28)58-60(31-37(65)45(73)51(79)46(74)38(31)66,32-39(67)47(75)52(80)48(76)40(32)68)24(2)54(26-17-9-4-10-18-26)82(58)55(27-19-11-5-12-20-27)57(81)59(23,29-33(61)41(69)49(77)42(70)34(29)62)30-35(63)43(71)50(78)44(72)36(30)64/h3-22H,1-2H3. The van der Waals surface area contributed by atoms with Crippen molar-refractivity contribution >= 4 is 87.7 Å². The molecule has 0 saturated carbocycles. The Bertz CT molecular complexity index is 3720. The first-order valence-corrected chi connectivity index (χ1v) is 30.9. The third-order valence-corrected chi connectivity index (χ3v) is 34.0. The van der Waals surface area contributed by atoms with Gasteiger partial charge in [-0.15, -0.1) is 0 Å². The van der Waals surface area contributed by atoms with Gasteiger partial charge in [0.2, 0.25) is 0 Å². The number of hydrogen-bond donors (Lipinski definition) is 0. The summed E-state index contributed by atoms with van der Waals surface area (Å²) in [4.78, 5) is 0. The van der Waals surface area contributed by atoms with Crippen molar-refractivity contribution in [3.63, 3.8) is 0 Å². The van der Waals surface area contributed by atoms with Gasteiger partial charge in [0.25, 0.3) is 0 Å². The molecular formula is C58H26B2F20Te2. The van der Waals surface area contributed by atoms with E-state index in [0.29, 0.717) is 0 Å². The van der Waals surface area contributed by atoms with Gasteiger partial charge in [0, 0.05) is 0 Å². The molecule has 416 valence electrons. The number of halogens is 20. The predicted molar refractivity (Wildman–Crippen MR) is 271 cm³/mol. The van der Waals surface area contributed by atoms with Crippen LogP contribution in [0.4, 0.5) is 87.8 Å². The fourth-order valence-electron chi connectivity index (χ4n) is 12.1. The van der Waals surface area contributed by atoms with Crippen LogP contribution in [0.1, 0.15) is 36.1 Å². The number of fused-ring (bicyclic) bond motifs is 2. The van der Waals surface area contributed by atoms with Crippen molar-refractivity contribution in [1.29, 1.82) is 0 Å². The summed E-state index contributed by atoms with van der Waals surface area (Å²) in [5.74, 6) is -56.9. The first-order valence-electron chi connectivity index (χ1n) is 24.0. The van der Waals surface area contributed by atoms with Crippen LogP contribution in [0.25, 0.3) is 14.5 Å². The first kappa shape index (κ1) is 56.9. The van der Waals surface area contributed by atoms with E-state index in [1.807, 2.05) is 0 Å². The molecule has 0 spiro atoms. The van der Waals surface area contributed by atoms with Gasteiger partial charge in [-0.1, -0.05) is 0 Å². The summed E-state index contributed by atoms with van der Waals surface area (Å²) in [7, 11) is 0. The zero-order valence-electron chi connectivity index (χ0n) is 41.1. The molecule has 0 unspecified atom stereocenters. The van der Waals surface area contributed by atoms with E-state index in [1.165, 1.54) is 97.1 Å². The van der Waals surface area contributed by atoms with Gasteiger partial charge in [0.1, 0.15) is 0 Å². The number of allylic oxidation sites excluding steroid dienone is 2. The molecule has 0 nitrogen and oxygen atoms in total. The zero-order valence-corrected chi connectivity index (χ0v) is 45.7. The Morgan fingerprint density at radius 1 is 0.220 bits per heavy atom. The summed E-state index contributed by atoms with van der Waals surface area (Å²) in [5, 5.41) is 0. The van der Waals surface area contributed by atoms with Crippen LogP contribution in [0, 0.1) is 116 Å². The van der Waals surface area contributed by atoms with Crippen molar-refractivity contribution < 1.29 is 87.8 Å². The van der Waals surface area contributed by atoms with Gasteiger partial charge < -0.3 is 0 Å². The Labute approximate surface area is 464 Å². The second-order valence-corrected chi connectivity index (χ2v) is 29.8. The first-order chi connectivity index (χ1) is 38.9. The van der Waals surface area contributed by atoms with Gasteiger partial charge in [0.15, 0.2) is 0 Å². The Kier molecular flexibility index (Phi) is 14.2. The molecule has 0 aromatic heterocycles. The van der Waals surface area contributed by atoms with E-state index >= 15 is 87.8 Å². The molecule has 3 aliphatic heterocycles. The number of hydrogen-bond acceptors (Lipinski definition) is 0. The third-order valence-electron chi connectivity index (χ3n) is 15.4. The normalized spacial score (nSPS) is 16.1. The molecule has 0 fully saturated rings. The summed E-state index contributed by atoms with van der Waals surface area (Å²) >= 11 is -11.2. The maximum absolute atomic E-state index is 17.8. The van der Waals surface area contributed by atoms with E-state index in [2.05, 4.69) is 0 Å². The summed E-state index contributed by atoms with van der Waals surface area (Å²) in [6, 6.07) is 24.6. The molecule has 3 heterocycles. The maximum atomic E-state index is 17.8. The number of rotatable bonds is 8. The molecule has 8 aromatic carbocycles. The SMILES string of the molecule is CC1=C(c2ccccc2)[Te+]2C(c3ccccc3)=C3[Te+](C(c4ccccc4)=C(C)[B-]3(c3c(F)c(F)c(F)c(F)c3F)c3c(F)c(F)c(F)c(F)c3F)C(c3ccccc3)=C2[B-]1(c1c(F)c(F)c(F)c(F)c1F)c1c(F)c(F)c(F)c(F)c1F. The van der Waals surface area contributed by atoms with Crippen LogP contribution >= 0.6 is 0 Å². The van der Waals surface area contributed by atoms with Crippen molar-refractivity contribution in [2.24, 2.45) is 0 Å². The molecule has 0 atom stereocenters. The van der Waals surface area contributed by atoms with Crippen LogP contribution in [0.5, 0.6) is 0 Å². The van der Waals surface area contributed by atoms with Crippen molar-refractivity contribution in [3.8, 4) is 0 Å². The van der Waals surface area contributed by atoms with E-state index in [9.17, 15) is 0 Å². The molecule has 0 amide bonds. The molecular weight excluding hydrogens is 1350 g/mol. The molecule has 0 bridgehead atoms. The molecule has 24 heteroatoms. The van der Waals surface area contributed by atoms with Crippen LogP contribution < -0.4 is 21.9 Å². The molecule has 3 aliphatic rings. The van der Waals surface area contributed by atoms with Gasteiger partial charge in [-0.25, -0.2) is 0 Å². The predicted octanol–water partition coefficient (Wildman–Crippen LogP) is 13.6. The minimum absolute atomic E-state index is 0.243. The van der Waals surface area contributed by atoms with Gasteiger partial charge in [-0.05, 0) is 0 Å². The van der Waals surface area contributed by atoms with Crippen LogP contribution in [-0.2, 0) is 0 Å². The molecule has 11 rings (SSSR count). The van der Waals surface area contributed by atoms with E-state index in [-0.39, 0.29) is 22.3 Å². The van der Waals surface area contributed by atoms with Crippen LogP contribution in [0.3, 0.4) is 0 Å². The third kappa shape index (κ3) is 7.48. The molecule has 0 aliphatic carbocycles. The fraction of sp³-hybridized carbons (Fsp3) is 0.0345. The molecule has 0 saturated heterocycles. The quantitative estimate of drug-likeness (QED) is 0.0616. The Hall–Kier alpha value is -6.97. The van der Waals surface area contributed by atoms with Crippen molar-refractivity contribution in [1.82, 2.24) is 0 Å². The van der Waals surface area contributed by atoms with Crippen molar-refractivity contribution in [2.75, 3.05) is 0 Å². The summed E-state index contributed by atoms with van der Waals surface area (Å²) < 4.78 is 332. The molecule has 0 radical (unpaired) electrons. The van der Waals surface area contributed by atoms with Crippen molar-refractivity contribution in [2.45, 2.75) is 13.8 Å². The van der Waals surface area contributed by atoms with Crippen LogP contribution in [-0.4, -0.2) is 51.4 Å². The van der Waals surface area contributed by atoms with E-state index in [0.717, 1.165) is 38.1 Å².